The molecule has 4 nitrogen and oxygen atoms in total. The summed E-state index contributed by atoms with van der Waals surface area (Å²) < 4.78 is 5.42. The summed E-state index contributed by atoms with van der Waals surface area (Å²) in [4.78, 5) is 14.4. The number of ether oxygens (including phenoxy) is 1. The molecule has 1 aliphatic rings. The van der Waals surface area contributed by atoms with Crippen LogP contribution in [0.3, 0.4) is 0 Å². The van der Waals surface area contributed by atoms with Gasteiger partial charge in [-0.05, 0) is 25.3 Å². The molecule has 1 aromatic rings. The summed E-state index contributed by atoms with van der Waals surface area (Å²) in [5.41, 5.74) is 1.02. The molecule has 2 unspecified atom stereocenters. The van der Waals surface area contributed by atoms with E-state index in [1.807, 2.05) is 36.1 Å². The van der Waals surface area contributed by atoms with Crippen LogP contribution in [0.2, 0.25) is 0 Å². The average Bonchev–Trinajstić information content (AvgIpc) is 2.74. The number of hydrogen-bond acceptors (Lipinski definition) is 3. The number of amides is 1. The zero-order valence-corrected chi connectivity index (χ0v) is 12.7. The number of rotatable bonds is 5. The topological polar surface area (TPSA) is 41.6 Å². The summed E-state index contributed by atoms with van der Waals surface area (Å²) >= 11 is 0. The fourth-order valence-electron chi connectivity index (χ4n) is 2.81. The number of hydrogen-bond donors (Lipinski definition) is 1. The second-order valence-electron chi connectivity index (χ2n) is 5.62. The van der Waals surface area contributed by atoms with Gasteiger partial charge in [-0.15, -0.1) is 0 Å². The van der Waals surface area contributed by atoms with Crippen molar-refractivity contribution < 1.29 is 9.53 Å². The standard InChI is InChI=1S/C16H24N2O2/c1-5-18-15(12-8-6-7-9-14(12)20-4)17-13(16(18)19)10-11(2)3/h6-9,11,13,15,17H,5,10H2,1-4H3. The third-order valence-corrected chi connectivity index (χ3v) is 3.73. The average molecular weight is 276 g/mol. The van der Waals surface area contributed by atoms with Crippen LogP contribution in [0.5, 0.6) is 5.75 Å². The van der Waals surface area contributed by atoms with Gasteiger partial charge < -0.3 is 9.64 Å². The third-order valence-electron chi connectivity index (χ3n) is 3.73. The van der Waals surface area contributed by atoms with E-state index in [-0.39, 0.29) is 18.1 Å². The van der Waals surface area contributed by atoms with E-state index in [9.17, 15) is 4.79 Å². The second-order valence-corrected chi connectivity index (χ2v) is 5.62. The fraction of sp³-hybridized carbons (Fsp3) is 0.562. The molecule has 0 aromatic heterocycles. The Morgan fingerprint density at radius 3 is 2.65 bits per heavy atom. The minimum absolute atomic E-state index is 0.0904. The molecule has 2 atom stereocenters. The number of para-hydroxylation sites is 1. The molecular formula is C16H24N2O2. The van der Waals surface area contributed by atoms with Gasteiger partial charge in [0.1, 0.15) is 11.9 Å². The van der Waals surface area contributed by atoms with Gasteiger partial charge >= 0.3 is 0 Å². The van der Waals surface area contributed by atoms with Crippen molar-refractivity contribution in [2.75, 3.05) is 13.7 Å². The first-order valence-corrected chi connectivity index (χ1v) is 7.27. The van der Waals surface area contributed by atoms with E-state index in [4.69, 9.17) is 4.74 Å². The molecule has 0 saturated carbocycles. The molecule has 1 N–H and O–H groups in total. The van der Waals surface area contributed by atoms with Crippen LogP contribution < -0.4 is 10.1 Å². The molecule has 1 aliphatic heterocycles. The van der Waals surface area contributed by atoms with Crippen LogP contribution in [0.1, 0.15) is 38.9 Å². The first-order chi connectivity index (χ1) is 9.58. The Kier molecular flexibility index (Phi) is 4.65. The van der Waals surface area contributed by atoms with Gasteiger partial charge in [-0.1, -0.05) is 32.0 Å². The SMILES string of the molecule is CCN1C(=O)C(CC(C)C)NC1c1ccccc1OC. The van der Waals surface area contributed by atoms with Crippen LogP contribution in [0.4, 0.5) is 0 Å². The monoisotopic (exact) mass is 276 g/mol. The summed E-state index contributed by atoms with van der Waals surface area (Å²) in [6, 6.07) is 7.79. The molecular weight excluding hydrogens is 252 g/mol. The van der Waals surface area contributed by atoms with Crippen molar-refractivity contribution in [3.8, 4) is 5.75 Å². The van der Waals surface area contributed by atoms with Gasteiger partial charge in [-0.2, -0.15) is 0 Å². The zero-order valence-electron chi connectivity index (χ0n) is 12.7. The molecule has 0 radical (unpaired) electrons. The highest BCUT2D eigenvalue weighted by atomic mass is 16.5. The molecule has 0 aliphatic carbocycles. The summed E-state index contributed by atoms with van der Waals surface area (Å²) in [7, 11) is 1.66. The second kappa shape index (κ2) is 6.27. The Hall–Kier alpha value is -1.55. The molecule has 20 heavy (non-hydrogen) atoms. The molecule has 1 amide bonds. The van der Waals surface area contributed by atoms with Crippen molar-refractivity contribution in [2.24, 2.45) is 5.92 Å². The smallest absolute Gasteiger partial charge is 0.241 e. The van der Waals surface area contributed by atoms with E-state index in [2.05, 4.69) is 19.2 Å². The van der Waals surface area contributed by atoms with Gasteiger partial charge in [0.15, 0.2) is 0 Å². The van der Waals surface area contributed by atoms with Crippen molar-refractivity contribution in [3.63, 3.8) is 0 Å². The molecule has 1 fully saturated rings. The lowest BCUT2D eigenvalue weighted by Crippen LogP contribution is -2.31. The van der Waals surface area contributed by atoms with Crippen molar-refractivity contribution in [2.45, 2.75) is 39.4 Å². The minimum Gasteiger partial charge on any atom is -0.496 e. The normalized spacial score (nSPS) is 22.6. The highest BCUT2D eigenvalue weighted by molar-refractivity contribution is 5.84. The van der Waals surface area contributed by atoms with Crippen LogP contribution in [0.15, 0.2) is 24.3 Å². The van der Waals surface area contributed by atoms with Gasteiger partial charge in [-0.25, -0.2) is 0 Å². The molecule has 1 heterocycles. The number of carbonyl (C=O) groups is 1. The fourth-order valence-corrected chi connectivity index (χ4v) is 2.81. The van der Waals surface area contributed by atoms with Crippen molar-refractivity contribution in [3.05, 3.63) is 29.8 Å². The third kappa shape index (κ3) is 2.80. The Morgan fingerprint density at radius 1 is 1.35 bits per heavy atom. The quantitative estimate of drug-likeness (QED) is 0.898. The van der Waals surface area contributed by atoms with Crippen LogP contribution in [-0.2, 0) is 4.79 Å². The van der Waals surface area contributed by atoms with E-state index in [0.717, 1.165) is 17.7 Å². The number of carbonyl (C=O) groups excluding carboxylic acids is 1. The lowest BCUT2D eigenvalue weighted by Gasteiger charge is -2.24. The first kappa shape index (κ1) is 14.9. The lowest BCUT2D eigenvalue weighted by molar-refractivity contribution is -0.130. The molecule has 1 saturated heterocycles. The zero-order chi connectivity index (χ0) is 14.7. The predicted octanol–water partition coefficient (Wildman–Crippen LogP) is 2.56. The van der Waals surface area contributed by atoms with Crippen LogP contribution in [0.25, 0.3) is 0 Å². The van der Waals surface area contributed by atoms with E-state index < -0.39 is 0 Å². The van der Waals surface area contributed by atoms with Crippen molar-refractivity contribution in [1.29, 1.82) is 0 Å². The Bertz CT molecular complexity index is 473. The van der Waals surface area contributed by atoms with Crippen LogP contribution in [-0.4, -0.2) is 30.5 Å². The molecule has 0 spiro atoms. The van der Waals surface area contributed by atoms with E-state index >= 15 is 0 Å². The number of nitrogens with one attached hydrogen (secondary N) is 1. The summed E-state index contributed by atoms with van der Waals surface area (Å²) in [6.07, 6.45) is 0.772. The Labute approximate surface area is 121 Å². The van der Waals surface area contributed by atoms with Crippen LogP contribution in [0, 0.1) is 5.92 Å². The summed E-state index contributed by atoms with van der Waals surface area (Å²) in [5, 5.41) is 3.46. The maximum Gasteiger partial charge on any atom is 0.241 e. The number of nitrogens with zero attached hydrogens (tertiary/aromatic N) is 1. The number of likely N-dealkylation sites (N-methyl/N-ethyl adjacent to an activating group) is 1. The van der Waals surface area contributed by atoms with Gasteiger partial charge in [0, 0.05) is 12.1 Å². The van der Waals surface area contributed by atoms with E-state index in [1.54, 1.807) is 7.11 Å². The highest BCUT2D eigenvalue weighted by Gasteiger charge is 2.39. The van der Waals surface area contributed by atoms with E-state index in [1.165, 1.54) is 0 Å². The maximum atomic E-state index is 12.5. The van der Waals surface area contributed by atoms with Gasteiger partial charge in [-0.3, -0.25) is 10.1 Å². The first-order valence-electron chi connectivity index (χ1n) is 7.27. The highest BCUT2D eigenvalue weighted by Crippen LogP contribution is 2.32. The van der Waals surface area contributed by atoms with Crippen molar-refractivity contribution in [1.82, 2.24) is 10.2 Å². The Morgan fingerprint density at radius 2 is 2.05 bits per heavy atom. The number of benzene rings is 1. The summed E-state index contributed by atoms with van der Waals surface area (Å²) in [5.74, 6) is 1.50. The Balaban J connectivity index is 2.28. The van der Waals surface area contributed by atoms with Gasteiger partial charge in [0.2, 0.25) is 5.91 Å². The van der Waals surface area contributed by atoms with E-state index in [0.29, 0.717) is 12.5 Å². The molecule has 2 rings (SSSR count). The largest absolute Gasteiger partial charge is 0.496 e. The van der Waals surface area contributed by atoms with Gasteiger partial charge in [0.05, 0.1) is 13.2 Å². The number of methoxy groups -OCH3 is 1. The van der Waals surface area contributed by atoms with Crippen molar-refractivity contribution >= 4 is 5.91 Å². The minimum atomic E-state index is -0.0927. The molecule has 110 valence electrons. The maximum absolute atomic E-state index is 12.5. The molecule has 4 heteroatoms. The lowest BCUT2D eigenvalue weighted by atomic mass is 10.0. The predicted molar refractivity (Wildman–Crippen MR) is 79.5 cm³/mol. The molecule has 1 aromatic carbocycles. The molecule has 0 bridgehead atoms. The summed E-state index contributed by atoms with van der Waals surface area (Å²) in [6.45, 7) is 6.99. The van der Waals surface area contributed by atoms with Crippen LogP contribution >= 0.6 is 0 Å². The van der Waals surface area contributed by atoms with Gasteiger partial charge in [0.25, 0.3) is 0 Å².